The Balaban J connectivity index is 1.86. The molecule has 122 valence electrons. The molecule has 0 unspecified atom stereocenters. The minimum Gasteiger partial charge on any atom is -0.484 e. The summed E-state index contributed by atoms with van der Waals surface area (Å²) in [4.78, 5) is 12.1. The molecule has 4 heteroatoms. The second kappa shape index (κ2) is 6.29. The van der Waals surface area contributed by atoms with Crippen molar-refractivity contribution < 1.29 is 14.8 Å². The van der Waals surface area contributed by atoms with E-state index in [0.717, 1.165) is 24.2 Å². The zero-order valence-corrected chi connectivity index (χ0v) is 14.4. The van der Waals surface area contributed by atoms with E-state index in [2.05, 4.69) is 38.3 Å². The molecule has 22 heavy (non-hydrogen) atoms. The number of benzene rings is 1. The summed E-state index contributed by atoms with van der Waals surface area (Å²) in [5.41, 5.74) is 1.43. The average molecular weight is 305 g/mol. The van der Waals surface area contributed by atoms with Crippen molar-refractivity contribution in [1.29, 1.82) is 0 Å². The van der Waals surface area contributed by atoms with E-state index in [9.17, 15) is 4.79 Å². The lowest BCUT2D eigenvalue weighted by Gasteiger charge is -2.43. The Morgan fingerprint density at radius 2 is 1.91 bits per heavy atom. The maximum absolute atomic E-state index is 12.1. The highest BCUT2D eigenvalue weighted by molar-refractivity contribution is 5.77. The third kappa shape index (κ3) is 5.02. The molecule has 1 fully saturated rings. The molecule has 0 aliphatic carbocycles. The Bertz CT molecular complexity index is 522. The van der Waals surface area contributed by atoms with Crippen molar-refractivity contribution >= 4 is 5.91 Å². The monoisotopic (exact) mass is 305 g/mol. The van der Waals surface area contributed by atoms with Crippen LogP contribution in [0.2, 0.25) is 0 Å². The van der Waals surface area contributed by atoms with Crippen LogP contribution in [0, 0.1) is 6.92 Å². The summed E-state index contributed by atoms with van der Waals surface area (Å²) < 4.78 is 5.57. The lowest BCUT2D eigenvalue weighted by atomic mass is 9.79. The molecular weight excluding hydrogens is 276 g/mol. The molecule has 3 N–H and O–H groups in total. The Hall–Kier alpha value is -1.55. The van der Waals surface area contributed by atoms with Crippen molar-refractivity contribution in [2.24, 2.45) is 0 Å². The second-order valence-corrected chi connectivity index (χ2v) is 7.90. The molecular formula is C18H29N2O2+. The summed E-state index contributed by atoms with van der Waals surface area (Å²) in [6.07, 6.45) is 1.96. The van der Waals surface area contributed by atoms with E-state index in [-0.39, 0.29) is 29.6 Å². The number of hydrogen-bond donors (Lipinski definition) is 2. The predicted molar refractivity (Wildman–Crippen MR) is 87.9 cm³/mol. The van der Waals surface area contributed by atoms with Crippen LogP contribution < -0.4 is 15.4 Å². The summed E-state index contributed by atoms with van der Waals surface area (Å²) in [7, 11) is 0. The van der Waals surface area contributed by atoms with Crippen molar-refractivity contribution in [3.8, 4) is 5.75 Å². The van der Waals surface area contributed by atoms with Gasteiger partial charge in [-0.2, -0.15) is 0 Å². The molecule has 1 aliphatic heterocycles. The Kier molecular flexibility index (Phi) is 4.81. The number of hydrogen-bond acceptors (Lipinski definition) is 2. The summed E-state index contributed by atoms with van der Waals surface area (Å²) in [6.45, 7) is 11.0. The van der Waals surface area contributed by atoms with E-state index in [0.29, 0.717) is 0 Å². The van der Waals surface area contributed by atoms with Gasteiger partial charge in [0.2, 0.25) is 0 Å². The normalized spacial score (nSPS) is 20.4. The number of nitrogens with two attached hydrogens (primary N) is 1. The summed E-state index contributed by atoms with van der Waals surface area (Å²) in [5, 5.41) is 5.54. The van der Waals surface area contributed by atoms with E-state index in [1.807, 2.05) is 31.2 Å². The number of carbonyl (C=O) groups is 1. The van der Waals surface area contributed by atoms with Crippen molar-refractivity contribution in [3.63, 3.8) is 0 Å². The molecule has 0 spiro atoms. The van der Waals surface area contributed by atoms with Gasteiger partial charge in [-0.3, -0.25) is 4.79 Å². The Morgan fingerprint density at radius 3 is 2.50 bits per heavy atom. The van der Waals surface area contributed by atoms with E-state index >= 15 is 0 Å². The smallest absolute Gasteiger partial charge is 0.258 e. The number of amides is 1. The van der Waals surface area contributed by atoms with Crippen LogP contribution in [0.1, 0.15) is 46.1 Å². The van der Waals surface area contributed by atoms with E-state index in [1.165, 1.54) is 0 Å². The van der Waals surface area contributed by atoms with Crippen molar-refractivity contribution in [2.75, 3.05) is 6.61 Å². The first-order valence-corrected chi connectivity index (χ1v) is 8.01. The Morgan fingerprint density at radius 1 is 1.27 bits per heavy atom. The molecule has 1 heterocycles. The minimum absolute atomic E-state index is 0.0417. The van der Waals surface area contributed by atoms with Gasteiger partial charge in [0.1, 0.15) is 5.75 Å². The fraction of sp³-hybridized carbons (Fsp3) is 0.611. The van der Waals surface area contributed by atoms with Crippen LogP contribution in [0.5, 0.6) is 5.75 Å². The molecule has 1 aromatic carbocycles. The van der Waals surface area contributed by atoms with Gasteiger partial charge in [-0.15, -0.1) is 0 Å². The van der Waals surface area contributed by atoms with Gasteiger partial charge in [0.25, 0.3) is 5.91 Å². The van der Waals surface area contributed by atoms with Gasteiger partial charge < -0.3 is 15.4 Å². The minimum atomic E-state index is -0.0417. The van der Waals surface area contributed by atoms with Crippen LogP contribution >= 0.6 is 0 Å². The maximum atomic E-state index is 12.1. The molecule has 0 atom stereocenters. The molecule has 4 nitrogen and oxygen atoms in total. The fourth-order valence-corrected chi connectivity index (χ4v) is 3.74. The van der Waals surface area contributed by atoms with Gasteiger partial charge in [-0.25, -0.2) is 0 Å². The number of carbonyl (C=O) groups excluding carboxylic acids is 1. The van der Waals surface area contributed by atoms with Crippen LogP contribution in [0.3, 0.4) is 0 Å². The third-order valence-corrected chi connectivity index (χ3v) is 4.05. The van der Waals surface area contributed by atoms with Crippen molar-refractivity contribution in [3.05, 3.63) is 29.8 Å². The van der Waals surface area contributed by atoms with Crippen LogP contribution in [0.15, 0.2) is 24.3 Å². The number of quaternary nitrogens is 1. The average Bonchev–Trinajstić information content (AvgIpc) is 2.32. The van der Waals surface area contributed by atoms with Crippen LogP contribution in [0.4, 0.5) is 0 Å². The van der Waals surface area contributed by atoms with Gasteiger partial charge in [0.15, 0.2) is 6.61 Å². The molecule has 2 rings (SSSR count). The molecule has 1 aliphatic rings. The lowest BCUT2D eigenvalue weighted by Crippen LogP contribution is -3.06. The number of ether oxygens (including phenoxy) is 1. The zero-order chi connectivity index (χ0) is 16.4. The first-order valence-electron chi connectivity index (χ1n) is 8.01. The molecule has 0 saturated carbocycles. The largest absolute Gasteiger partial charge is 0.484 e. The van der Waals surface area contributed by atoms with Crippen molar-refractivity contribution in [2.45, 2.75) is 64.6 Å². The number of aryl methyl sites for hydroxylation is 1. The molecule has 0 aromatic heterocycles. The number of piperidine rings is 1. The predicted octanol–water partition coefficient (Wildman–Crippen LogP) is 1.77. The lowest BCUT2D eigenvalue weighted by molar-refractivity contribution is -0.787. The quantitative estimate of drug-likeness (QED) is 0.891. The van der Waals surface area contributed by atoms with Gasteiger partial charge >= 0.3 is 0 Å². The highest BCUT2D eigenvalue weighted by atomic mass is 16.5. The Labute approximate surface area is 133 Å². The summed E-state index contributed by atoms with van der Waals surface area (Å²) in [5.74, 6) is 0.702. The molecule has 1 aromatic rings. The number of rotatable bonds is 4. The second-order valence-electron chi connectivity index (χ2n) is 7.90. The molecule has 0 bridgehead atoms. The maximum Gasteiger partial charge on any atom is 0.258 e. The van der Waals surface area contributed by atoms with Crippen molar-refractivity contribution in [1.82, 2.24) is 5.32 Å². The SMILES string of the molecule is Cc1cccc(OCC(=O)NC2CC(C)(C)[NH2+]C(C)(C)C2)c1. The topological polar surface area (TPSA) is 54.9 Å². The van der Waals surface area contributed by atoms with E-state index in [1.54, 1.807) is 0 Å². The highest BCUT2D eigenvalue weighted by Gasteiger charge is 2.42. The van der Waals surface area contributed by atoms with Gasteiger partial charge in [-0.05, 0) is 52.3 Å². The standard InChI is InChI=1S/C18H28N2O2/c1-13-7-6-8-15(9-13)22-12-16(21)19-14-10-17(2,3)20-18(4,5)11-14/h6-9,14,20H,10-12H2,1-5H3,(H,19,21)/p+1. The van der Waals surface area contributed by atoms with Gasteiger partial charge in [0, 0.05) is 18.9 Å². The summed E-state index contributed by atoms with van der Waals surface area (Å²) >= 11 is 0. The number of nitrogens with one attached hydrogen (secondary N) is 1. The van der Waals surface area contributed by atoms with Gasteiger partial charge in [0.05, 0.1) is 11.1 Å². The van der Waals surface area contributed by atoms with Crippen LogP contribution in [0.25, 0.3) is 0 Å². The summed E-state index contributed by atoms with van der Waals surface area (Å²) in [6, 6.07) is 7.97. The first-order chi connectivity index (χ1) is 10.2. The highest BCUT2D eigenvalue weighted by Crippen LogP contribution is 2.21. The fourth-order valence-electron chi connectivity index (χ4n) is 3.74. The zero-order valence-electron chi connectivity index (χ0n) is 14.4. The third-order valence-electron chi connectivity index (χ3n) is 4.05. The van der Waals surface area contributed by atoms with Gasteiger partial charge in [-0.1, -0.05) is 12.1 Å². The van der Waals surface area contributed by atoms with E-state index in [4.69, 9.17) is 4.74 Å². The molecule has 1 saturated heterocycles. The van der Waals surface area contributed by atoms with Crippen LogP contribution in [-0.2, 0) is 4.79 Å². The van der Waals surface area contributed by atoms with E-state index < -0.39 is 0 Å². The van der Waals surface area contributed by atoms with Crippen LogP contribution in [-0.4, -0.2) is 29.6 Å². The first kappa shape index (κ1) is 16.8. The molecule has 1 amide bonds. The molecule has 0 radical (unpaired) electrons.